The van der Waals surface area contributed by atoms with Crippen LogP contribution in [-0.4, -0.2) is 31.6 Å². The Balaban J connectivity index is 0.000000637. The molecule has 320 valence electrons. The molecule has 2 N–H and O–H groups in total. The molecule has 0 fully saturated rings. The molecule has 0 amide bonds. The van der Waals surface area contributed by atoms with Gasteiger partial charge in [-0.1, -0.05) is 206 Å². The summed E-state index contributed by atoms with van der Waals surface area (Å²) in [5.74, 6) is 0.590. The van der Waals surface area contributed by atoms with Crippen LogP contribution >= 0.6 is 15.8 Å². The number of fused-ring (bicyclic) bond motifs is 2. The number of benzene rings is 8. The van der Waals surface area contributed by atoms with Crippen molar-refractivity contribution in [1.82, 2.24) is 4.90 Å². The van der Waals surface area contributed by atoms with Gasteiger partial charge in [-0.2, -0.15) is 0 Å². The molecule has 1 atom stereocenters. The fraction of sp³-hybridized carbons (Fsp3) is 0.200. The number of nitrogens with zero attached hydrogens (tertiary/aromatic N) is 1. The third-order valence-corrected chi connectivity index (χ3v) is 16.1. The Morgan fingerprint density at radius 2 is 0.726 bits per heavy atom. The molecular formula is C55H58Cl2N2P2Ru. The molecule has 0 saturated heterocycles. The average Bonchev–Trinajstić information content (AvgIpc) is 3.23. The average molecular weight is 981 g/mol. The number of hydrogen-bond acceptors (Lipinski definition) is 2. The Kier molecular flexibility index (Phi) is 19.1. The Hall–Kier alpha value is -3.74. The quantitative estimate of drug-likeness (QED) is 0.156. The van der Waals surface area contributed by atoms with Crippen LogP contribution in [0.5, 0.6) is 0 Å². The molecule has 0 unspecified atom stereocenters. The van der Waals surface area contributed by atoms with Gasteiger partial charge in [0, 0.05) is 12.6 Å². The van der Waals surface area contributed by atoms with Crippen LogP contribution in [0.4, 0.5) is 0 Å². The molecule has 0 spiro atoms. The van der Waals surface area contributed by atoms with Gasteiger partial charge in [-0.3, -0.25) is 0 Å². The maximum Gasteiger partial charge on any atom is 2.00 e. The molecule has 8 rings (SSSR count). The minimum Gasteiger partial charge on any atom is -1.00 e. The first-order valence-corrected chi connectivity index (χ1v) is 23.5. The molecule has 0 aliphatic heterocycles. The zero-order valence-corrected chi connectivity index (χ0v) is 42.1. The maximum absolute atomic E-state index is 5.78. The number of nitrogens with two attached hydrogens (primary N) is 1. The van der Waals surface area contributed by atoms with E-state index in [4.69, 9.17) is 5.73 Å². The Morgan fingerprint density at radius 3 is 0.984 bits per heavy atom. The molecule has 0 bridgehead atoms. The van der Waals surface area contributed by atoms with E-state index in [2.05, 4.69) is 216 Å². The van der Waals surface area contributed by atoms with E-state index in [9.17, 15) is 0 Å². The number of likely N-dealkylation sites (N-methyl/N-ethyl adjacent to an activating group) is 1. The van der Waals surface area contributed by atoms with E-state index in [1.165, 1.54) is 86.8 Å². The molecule has 0 saturated carbocycles. The molecule has 8 aromatic carbocycles. The van der Waals surface area contributed by atoms with Crippen LogP contribution in [0.2, 0.25) is 0 Å². The van der Waals surface area contributed by atoms with E-state index in [1.54, 1.807) is 0 Å². The Labute approximate surface area is 398 Å². The summed E-state index contributed by atoms with van der Waals surface area (Å²) in [6, 6.07) is 64.9. The second kappa shape index (κ2) is 23.3. The van der Waals surface area contributed by atoms with Gasteiger partial charge in [-0.25, -0.2) is 0 Å². The zero-order chi connectivity index (χ0) is 41.6. The van der Waals surface area contributed by atoms with Crippen LogP contribution < -0.4 is 62.4 Å². The summed E-state index contributed by atoms with van der Waals surface area (Å²) in [7, 11) is 2.32. The van der Waals surface area contributed by atoms with E-state index in [1.807, 2.05) is 14.1 Å². The van der Waals surface area contributed by atoms with Crippen LogP contribution in [0.3, 0.4) is 0 Å². The summed E-state index contributed by atoms with van der Waals surface area (Å²) in [6.45, 7) is 14.0. The second-order valence-electron chi connectivity index (χ2n) is 16.5. The topological polar surface area (TPSA) is 29.3 Å². The van der Waals surface area contributed by atoms with Crippen molar-refractivity contribution in [3.05, 3.63) is 192 Å². The van der Waals surface area contributed by atoms with E-state index in [-0.39, 0.29) is 44.3 Å². The third-order valence-electron chi connectivity index (χ3n) is 11.1. The minimum atomic E-state index is -0.885. The van der Waals surface area contributed by atoms with Crippen LogP contribution in [0.1, 0.15) is 36.1 Å². The molecule has 0 radical (unpaired) electrons. The molecule has 8 aromatic rings. The second-order valence-corrected chi connectivity index (χ2v) is 20.9. The molecular weight excluding hydrogens is 923 g/mol. The molecule has 2 nitrogen and oxygen atoms in total. The van der Waals surface area contributed by atoms with E-state index >= 15 is 0 Å². The molecule has 0 aromatic heterocycles. The predicted molar refractivity (Wildman–Crippen MR) is 265 cm³/mol. The van der Waals surface area contributed by atoms with Crippen molar-refractivity contribution in [2.24, 2.45) is 11.7 Å². The zero-order valence-electron chi connectivity index (χ0n) is 37.1. The number of rotatable bonds is 10. The summed E-state index contributed by atoms with van der Waals surface area (Å²) in [5.41, 5.74) is 13.6. The van der Waals surface area contributed by atoms with Crippen molar-refractivity contribution >= 4 is 69.2 Å². The van der Waals surface area contributed by atoms with Crippen molar-refractivity contribution in [3.8, 4) is 11.1 Å². The maximum atomic E-state index is 5.78. The standard InChI is InChI=1S/C48H40P2.C7H18N2.2ClH.Ru/c1-33-13-23-39(24-14-33)49(40-25-15-34(2)16-26-40)45-31-21-37-9-5-7-11-43(37)47(45)48-44-12-8-6-10-38(44)22-32-46(48)50(41-27-17-35(3)18-28-41)42-29-19-36(4)20-30-42;1-6(2)7(8)5-9(3)4;;;/h5-32H,1-4H3;6-7H,5,8H2,1-4H3;2*1H;/q;;;;+2/p-2/t;7-;;;/m.1.../s1. The summed E-state index contributed by atoms with van der Waals surface area (Å²) in [6.07, 6.45) is 0. The van der Waals surface area contributed by atoms with Crippen molar-refractivity contribution in [2.45, 2.75) is 47.6 Å². The fourth-order valence-corrected chi connectivity index (χ4v) is 12.5. The van der Waals surface area contributed by atoms with Crippen molar-refractivity contribution < 1.29 is 44.3 Å². The molecule has 62 heavy (non-hydrogen) atoms. The van der Waals surface area contributed by atoms with Gasteiger partial charge in [-0.15, -0.1) is 0 Å². The van der Waals surface area contributed by atoms with Crippen molar-refractivity contribution in [2.75, 3.05) is 20.6 Å². The number of halogens is 2. The fourth-order valence-electron chi connectivity index (χ4n) is 7.68. The largest absolute Gasteiger partial charge is 2.00 e. The summed E-state index contributed by atoms with van der Waals surface area (Å²) < 4.78 is 0. The summed E-state index contributed by atoms with van der Waals surface area (Å²) >= 11 is 0. The molecule has 0 heterocycles. The van der Waals surface area contributed by atoms with Gasteiger partial charge >= 0.3 is 19.5 Å². The van der Waals surface area contributed by atoms with E-state index in [0.29, 0.717) is 12.0 Å². The van der Waals surface area contributed by atoms with E-state index in [0.717, 1.165) is 6.54 Å². The van der Waals surface area contributed by atoms with Crippen LogP contribution in [0, 0.1) is 33.6 Å². The van der Waals surface area contributed by atoms with Gasteiger partial charge < -0.3 is 35.4 Å². The monoisotopic (exact) mass is 980 g/mol. The minimum absolute atomic E-state index is 0. The van der Waals surface area contributed by atoms with Crippen molar-refractivity contribution in [1.29, 1.82) is 0 Å². The van der Waals surface area contributed by atoms with Crippen LogP contribution in [-0.2, 0) is 19.5 Å². The third kappa shape index (κ3) is 11.9. The van der Waals surface area contributed by atoms with Gasteiger partial charge in [0.2, 0.25) is 0 Å². The Morgan fingerprint density at radius 1 is 0.435 bits per heavy atom. The Bertz CT molecular complexity index is 2380. The van der Waals surface area contributed by atoms with Gasteiger partial charge in [0.1, 0.15) is 0 Å². The first kappa shape index (κ1) is 50.9. The number of hydrogen-bond donors (Lipinski definition) is 1. The molecule has 0 aliphatic rings. The number of aryl methyl sites for hydroxylation is 4. The van der Waals surface area contributed by atoms with Gasteiger partial charge in [0.25, 0.3) is 0 Å². The van der Waals surface area contributed by atoms with Gasteiger partial charge in [-0.05, 0) is 128 Å². The van der Waals surface area contributed by atoms with E-state index < -0.39 is 15.8 Å². The summed E-state index contributed by atoms with van der Waals surface area (Å²) in [4.78, 5) is 2.12. The van der Waals surface area contributed by atoms with Crippen LogP contribution in [0.25, 0.3) is 32.7 Å². The van der Waals surface area contributed by atoms with Gasteiger partial charge in [0.05, 0.1) is 0 Å². The van der Waals surface area contributed by atoms with Gasteiger partial charge in [0.15, 0.2) is 0 Å². The first-order valence-electron chi connectivity index (χ1n) is 20.8. The normalized spacial score (nSPS) is 11.5. The SMILES string of the molecule is CC(C)[C@H](N)CN(C)C.Cc1ccc(P(c2ccc(C)cc2)c2ccc3ccccc3c2-c2c(P(c3ccc(C)cc3)c3ccc(C)cc3)ccc3ccccc23)cc1.[Cl-].[Cl-].[Ru+2]. The molecule has 7 heteroatoms. The smallest absolute Gasteiger partial charge is 1.00 e. The van der Waals surface area contributed by atoms with Crippen molar-refractivity contribution in [3.63, 3.8) is 0 Å². The first-order chi connectivity index (χ1) is 28.5. The van der Waals surface area contributed by atoms with Crippen LogP contribution in [0.15, 0.2) is 170 Å². The molecule has 0 aliphatic carbocycles. The predicted octanol–water partition coefficient (Wildman–Crippen LogP) is 4.95. The summed E-state index contributed by atoms with van der Waals surface area (Å²) in [5, 5.41) is 13.4.